The van der Waals surface area contributed by atoms with Crippen molar-refractivity contribution in [3.8, 4) is 38.8 Å². The van der Waals surface area contributed by atoms with E-state index in [1.807, 2.05) is 31.2 Å². The van der Waals surface area contributed by atoms with E-state index < -0.39 is 20.2 Å². The molecule has 41 heavy (non-hydrogen) atoms. The van der Waals surface area contributed by atoms with Crippen molar-refractivity contribution in [2.24, 2.45) is 0 Å². The average Bonchev–Trinajstić information content (AvgIpc) is 3.38. The van der Waals surface area contributed by atoms with E-state index in [0.717, 1.165) is 11.1 Å². The molecule has 0 aliphatic carbocycles. The Balaban J connectivity index is 1.92. The first-order valence-electron chi connectivity index (χ1n) is 12.7. The summed E-state index contributed by atoms with van der Waals surface area (Å²) >= 11 is 1.31. The molecule has 0 unspecified atom stereocenters. The van der Waals surface area contributed by atoms with E-state index in [1.165, 1.54) is 30.6 Å². The molecule has 0 saturated carbocycles. The van der Waals surface area contributed by atoms with E-state index in [4.69, 9.17) is 9.72 Å². The minimum atomic E-state index is -4.78. The number of fused-ring (bicyclic) bond motifs is 1. The highest BCUT2D eigenvalue weighted by Gasteiger charge is 2.36. The summed E-state index contributed by atoms with van der Waals surface area (Å²) in [5.41, 5.74) is 2.82. The molecule has 12 heteroatoms. The topological polar surface area (TPSA) is 135 Å². The summed E-state index contributed by atoms with van der Waals surface area (Å²) in [7, 11) is -7.67. The standard InChI is InChI=1S/C29H26N2O7S3/c1-3-4-17-31-25(20-11-15-22(16-12-20)40(32,33)34)18-23(19-9-13-21(38-2)14-10-19)28(41(35,36)37)27(31)29-30-24-7-5-6-8-26(24)39-29/h5-16,18H,3-4,17H2,1-2H3,(H-,32,33,34,35,36,37)/p+1. The number of rotatable bonds is 9. The zero-order valence-corrected chi connectivity index (χ0v) is 24.6. The minimum Gasteiger partial charge on any atom is -0.497 e. The van der Waals surface area contributed by atoms with E-state index in [2.05, 4.69) is 0 Å². The third kappa shape index (κ3) is 5.88. The monoisotopic (exact) mass is 611 g/mol. The third-order valence-electron chi connectivity index (χ3n) is 6.64. The second-order valence-electron chi connectivity index (χ2n) is 9.32. The number of thiazole rings is 1. The van der Waals surface area contributed by atoms with Gasteiger partial charge in [-0.05, 0) is 54.1 Å². The van der Waals surface area contributed by atoms with Gasteiger partial charge in [0.25, 0.3) is 15.8 Å². The van der Waals surface area contributed by atoms with Crippen LogP contribution in [-0.2, 0) is 26.8 Å². The molecule has 3 aromatic carbocycles. The van der Waals surface area contributed by atoms with Crippen LogP contribution in [-0.4, -0.2) is 38.0 Å². The number of benzene rings is 3. The Morgan fingerprint density at radius 3 is 2.12 bits per heavy atom. The maximum Gasteiger partial charge on any atom is 0.301 e. The number of para-hydroxylation sites is 1. The van der Waals surface area contributed by atoms with Gasteiger partial charge in [0.05, 0.1) is 22.2 Å². The first-order chi connectivity index (χ1) is 19.5. The Kier molecular flexibility index (Phi) is 7.95. The maximum absolute atomic E-state index is 13.2. The molecular formula is C29H27N2O7S3+. The van der Waals surface area contributed by atoms with E-state index >= 15 is 0 Å². The van der Waals surface area contributed by atoms with Gasteiger partial charge < -0.3 is 4.74 Å². The summed E-state index contributed by atoms with van der Waals surface area (Å²) in [6, 6.07) is 21.6. The molecule has 9 nitrogen and oxygen atoms in total. The van der Waals surface area contributed by atoms with Gasteiger partial charge in [0.15, 0.2) is 9.90 Å². The molecule has 0 fully saturated rings. The van der Waals surface area contributed by atoms with Gasteiger partial charge in [0.1, 0.15) is 12.3 Å². The Morgan fingerprint density at radius 1 is 0.878 bits per heavy atom. The molecule has 0 bridgehead atoms. The second kappa shape index (κ2) is 11.3. The molecule has 0 atom stereocenters. The van der Waals surface area contributed by atoms with E-state index in [0.29, 0.717) is 46.1 Å². The van der Waals surface area contributed by atoms with Crippen LogP contribution < -0.4 is 9.30 Å². The van der Waals surface area contributed by atoms with Crippen LogP contribution in [0.25, 0.3) is 43.3 Å². The fourth-order valence-corrected chi connectivity index (χ4v) is 7.14. The van der Waals surface area contributed by atoms with Crippen LogP contribution in [0.15, 0.2) is 88.7 Å². The lowest BCUT2D eigenvalue weighted by atomic mass is 10.0. The van der Waals surface area contributed by atoms with Crippen molar-refractivity contribution in [2.75, 3.05) is 7.11 Å². The molecule has 212 valence electrons. The van der Waals surface area contributed by atoms with Gasteiger partial charge in [-0.2, -0.15) is 21.4 Å². The predicted octanol–water partition coefficient (Wildman–Crippen LogP) is 5.89. The Labute approximate surface area is 242 Å². The predicted molar refractivity (Wildman–Crippen MR) is 157 cm³/mol. The van der Waals surface area contributed by atoms with E-state index in [1.54, 1.807) is 47.0 Å². The van der Waals surface area contributed by atoms with Crippen LogP contribution in [0.1, 0.15) is 19.8 Å². The lowest BCUT2D eigenvalue weighted by molar-refractivity contribution is -0.677. The summed E-state index contributed by atoms with van der Waals surface area (Å²) in [5, 5.41) is 0.404. The summed E-state index contributed by atoms with van der Waals surface area (Å²) in [6.45, 7) is 2.40. The molecule has 2 N–H and O–H groups in total. The lowest BCUT2D eigenvalue weighted by Crippen LogP contribution is -2.40. The highest BCUT2D eigenvalue weighted by Crippen LogP contribution is 2.40. The van der Waals surface area contributed by atoms with Crippen LogP contribution in [0.5, 0.6) is 5.75 Å². The van der Waals surface area contributed by atoms with Crippen molar-refractivity contribution in [3.63, 3.8) is 0 Å². The van der Waals surface area contributed by atoms with Crippen molar-refractivity contribution < 1.29 is 35.2 Å². The summed E-state index contributed by atoms with van der Waals surface area (Å²) < 4.78 is 77.9. The number of aromatic nitrogens is 2. The van der Waals surface area contributed by atoms with Crippen molar-refractivity contribution in [2.45, 2.75) is 36.1 Å². The number of pyridine rings is 1. The molecule has 2 aromatic heterocycles. The zero-order chi connectivity index (χ0) is 29.4. The number of nitrogens with zero attached hydrogens (tertiary/aromatic N) is 2. The Hall–Kier alpha value is -3.68. The Morgan fingerprint density at radius 2 is 1.54 bits per heavy atom. The maximum atomic E-state index is 13.2. The summed E-state index contributed by atoms with van der Waals surface area (Å²) in [4.78, 5) is 4.21. The Bertz CT molecular complexity index is 1920. The fourth-order valence-electron chi connectivity index (χ4n) is 4.67. The zero-order valence-electron chi connectivity index (χ0n) is 22.2. The summed E-state index contributed by atoms with van der Waals surface area (Å²) in [5.74, 6) is 0.573. The molecule has 0 amide bonds. The van der Waals surface area contributed by atoms with Gasteiger partial charge in [-0.15, -0.1) is 11.3 Å². The third-order valence-corrected chi connectivity index (χ3v) is 9.48. The normalized spacial score (nSPS) is 12.1. The van der Waals surface area contributed by atoms with Crippen LogP contribution in [0.3, 0.4) is 0 Å². The lowest BCUT2D eigenvalue weighted by Gasteiger charge is -2.16. The second-order valence-corrected chi connectivity index (χ2v) is 13.1. The van der Waals surface area contributed by atoms with Crippen LogP contribution in [0, 0.1) is 0 Å². The van der Waals surface area contributed by atoms with Crippen LogP contribution >= 0.6 is 11.3 Å². The van der Waals surface area contributed by atoms with Gasteiger partial charge in [0.2, 0.25) is 5.69 Å². The van der Waals surface area contributed by atoms with Gasteiger partial charge in [0, 0.05) is 23.6 Å². The molecule has 0 aliphatic heterocycles. The molecular weight excluding hydrogens is 585 g/mol. The number of ether oxygens (including phenoxy) is 1. The van der Waals surface area contributed by atoms with Gasteiger partial charge in [-0.1, -0.05) is 37.6 Å². The number of hydrogen-bond donors (Lipinski definition) is 2. The largest absolute Gasteiger partial charge is 0.497 e. The number of unbranched alkanes of at least 4 members (excludes halogenated alkanes) is 1. The van der Waals surface area contributed by atoms with Crippen molar-refractivity contribution in [1.29, 1.82) is 0 Å². The molecule has 0 aliphatic rings. The molecule has 0 saturated heterocycles. The number of methoxy groups -OCH3 is 1. The fraction of sp³-hybridized carbons (Fsp3) is 0.172. The molecule has 5 aromatic rings. The average molecular weight is 612 g/mol. The van der Waals surface area contributed by atoms with Crippen molar-refractivity contribution in [3.05, 3.63) is 78.9 Å². The highest BCUT2D eigenvalue weighted by atomic mass is 32.2. The van der Waals surface area contributed by atoms with Crippen LogP contribution in [0.2, 0.25) is 0 Å². The summed E-state index contributed by atoms with van der Waals surface area (Å²) in [6.07, 6.45) is 1.49. The first-order valence-corrected chi connectivity index (χ1v) is 16.4. The SMILES string of the molecule is CCCC[n+]1c(-c2ccc(S(=O)(=O)O)cc2)cc(-c2ccc(OC)cc2)c(S(=O)(=O)O)c1-c1nc2ccccc2s1. The van der Waals surface area contributed by atoms with Gasteiger partial charge >= 0.3 is 10.1 Å². The van der Waals surface area contributed by atoms with Gasteiger partial charge in [-0.25, -0.2) is 4.98 Å². The number of hydrogen-bond acceptors (Lipinski definition) is 7. The van der Waals surface area contributed by atoms with Gasteiger partial charge in [-0.3, -0.25) is 9.11 Å². The van der Waals surface area contributed by atoms with E-state index in [9.17, 15) is 25.9 Å². The smallest absolute Gasteiger partial charge is 0.301 e. The van der Waals surface area contributed by atoms with Crippen molar-refractivity contribution >= 4 is 41.8 Å². The molecule has 5 rings (SSSR count). The first kappa shape index (κ1) is 28.8. The van der Waals surface area contributed by atoms with Crippen molar-refractivity contribution in [1.82, 2.24) is 4.98 Å². The minimum absolute atomic E-state index is 0.226. The molecule has 2 heterocycles. The molecule has 0 spiro atoms. The van der Waals surface area contributed by atoms with Crippen LogP contribution in [0.4, 0.5) is 0 Å². The van der Waals surface area contributed by atoms with E-state index in [-0.39, 0.29) is 21.0 Å². The molecule has 0 radical (unpaired) electrons. The highest BCUT2D eigenvalue weighted by molar-refractivity contribution is 7.86. The quantitative estimate of drug-likeness (QED) is 0.156.